The molecule has 0 saturated carbocycles. The quantitative estimate of drug-likeness (QED) is 0.245. The Hall–Kier alpha value is -4.30. The van der Waals surface area contributed by atoms with Crippen LogP contribution in [0.4, 0.5) is 34.1 Å². The number of para-hydroxylation sites is 2. The maximum atomic E-state index is 2.36. The summed E-state index contributed by atoms with van der Waals surface area (Å²) in [6.45, 7) is 8.65. The molecule has 5 aromatic carbocycles. The van der Waals surface area contributed by atoms with E-state index in [1.54, 1.807) is 0 Å². The number of anilines is 6. The second-order valence-corrected chi connectivity index (χ2v) is 9.55. The molecule has 2 heteroatoms. The Bertz CT molecular complexity index is 1320. The largest absolute Gasteiger partial charge is 0.311 e. The summed E-state index contributed by atoms with van der Waals surface area (Å²) >= 11 is 0. The predicted octanol–water partition coefficient (Wildman–Crippen LogP) is 9.86. The van der Waals surface area contributed by atoms with E-state index in [1.165, 1.54) is 33.6 Å². The summed E-state index contributed by atoms with van der Waals surface area (Å²) in [6, 6.07) is 43.4. The van der Waals surface area contributed by atoms with Gasteiger partial charge in [0.05, 0.1) is 0 Å². The van der Waals surface area contributed by atoms with Crippen LogP contribution < -0.4 is 9.80 Å². The van der Waals surface area contributed by atoms with Crippen LogP contribution in [0.2, 0.25) is 0 Å². The molecule has 0 fully saturated rings. The van der Waals surface area contributed by atoms with Crippen molar-refractivity contribution in [2.24, 2.45) is 0 Å². The molecule has 0 aromatic heterocycles. The van der Waals surface area contributed by atoms with E-state index in [9.17, 15) is 0 Å². The van der Waals surface area contributed by atoms with Crippen LogP contribution >= 0.6 is 0 Å². The fourth-order valence-corrected chi connectivity index (χ4v) is 4.96. The van der Waals surface area contributed by atoms with Gasteiger partial charge in [0.15, 0.2) is 0 Å². The zero-order chi connectivity index (χ0) is 25.1. The first-order valence-corrected chi connectivity index (χ1v) is 12.4. The van der Waals surface area contributed by atoms with Gasteiger partial charge in [0.25, 0.3) is 0 Å². The van der Waals surface area contributed by atoms with Gasteiger partial charge in [-0.1, -0.05) is 48.5 Å². The zero-order valence-corrected chi connectivity index (χ0v) is 21.4. The summed E-state index contributed by atoms with van der Waals surface area (Å²) in [5, 5.41) is 0. The Morgan fingerprint density at radius 1 is 0.306 bits per heavy atom. The maximum Gasteiger partial charge on any atom is 0.0466 e. The number of hydrogen-bond donors (Lipinski definition) is 0. The lowest BCUT2D eigenvalue weighted by Crippen LogP contribution is -2.12. The van der Waals surface area contributed by atoms with Gasteiger partial charge >= 0.3 is 0 Å². The molecular weight excluding hydrogens is 436 g/mol. The van der Waals surface area contributed by atoms with Gasteiger partial charge in [0.2, 0.25) is 0 Å². The second kappa shape index (κ2) is 10.1. The summed E-state index contributed by atoms with van der Waals surface area (Å²) in [5.41, 5.74) is 11.9. The van der Waals surface area contributed by atoms with Crippen molar-refractivity contribution in [3.8, 4) is 0 Å². The molecule has 2 nitrogen and oxygen atoms in total. The summed E-state index contributed by atoms with van der Waals surface area (Å²) < 4.78 is 0. The van der Waals surface area contributed by atoms with E-state index in [2.05, 4.69) is 159 Å². The molecule has 0 radical (unpaired) electrons. The van der Waals surface area contributed by atoms with E-state index in [0.717, 1.165) is 22.7 Å². The molecule has 178 valence electrons. The van der Waals surface area contributed by atoms with Crippen LogP contribution in [0.1, 0.15) is 22.3 Å². The lowest BCUT2D eigenvalue weighted by atomic mass is 10.1. The van der Waals surface area contributed by atoms with E-state index in [4.69, 9.17) is 0 Å². The SMILES string of the molecule is Cc1cc(C)cc(N(c2ccc(N(c3ccccc3)c3ccccc3)cc2)c2cc(C)cc(C)c2)c1. The first-order chi connectivity index (χ1) is 17.5. The molecule has 0 heterocycles. The third-order valence-corrected chi connectivity index (χ3v) is 6.32. The van der Waals surface area contributed by atoms with Gasteiger partial charge in [-0.3, -0.25) is 0 Å². The van der Waals surface area contributed by atoms with Crippen LogP contribution in [0.3, 0.4) is 0 Å². The van der Waals surface area contributed by atoms with Crippen molar-refractivity contribution in [3.63, 3.8) is 0 Å². The number of nitrogens with zero attached hydrogens (tertiary/aromatic N) is 2. The van der Waals surface area contributed by atoms with Crippen LogP contribution in [0.15, 0.2) is 121 Å². The zero-order valence-electron chi connectivity index (χ0n) is 21.4. The molecule has 0 N–H and O–H groups in total. The van der Waals surface area contributed by atoms with E-state index in [-0.39, 0.29) is 0 Å². The average Bonchev–Trinajstić information content (AvgIpc) is 2.86. The molecule has 0 aliphatic heterocycles. The first-order valence-electron chi connectivity index (χ1n) is 12.4. The van der Waals surface area contributed by atoms with Gasteiger partial charge in [0.1, 0.15) is 0 Å². The molecule has 0 bridgehead atoms. The average molecular weight is 469 g/mol. The highest BCUT2D eigenvalue weighted by Crippen LogP contribution is 2.39. The van der Waals surface area contributed by atoms with E-state index >= 15 is 0 Å². The van der Waals surface area contributed by atoms with E-state index in [0.29, 0.717) is 0 Å². The lowest BCUT2D eigenvalue weighted by molar-refractivity contribution is 1.23. The van der Waals surface area contributed by atoms with Crippen molar-refractivity contribution in [2.45, 2.75) is 27.7 Å². The van der Waals surface area contributed by atoms with Gasteiger partial charge in [-0.25, -0.2) is 0 Å². The molecule has 5 rings (SSSR count). The van der Waals surface area contributed by atoms with E-state index < -0.39 is 0 Å². The van der Waals surface area contributed by atoms with Gasteiger partial charge in [0, 0.05) is 34.1 Å². The van der Waals surface area contributed by atoms with E-state index in [1.807, 2.05) is 0 Å². The standard InChI is InChI=1S/C34H32N2/c1-25-19-26(2)22-33(21-25)36(34-23-27(3)20-28(4)24-34)32-17-15-31(16-18-32)35(29-11-7-5-8-12-29)30-13-9-6-10-14-30/h5-24H,1-4H3. The molecule has 0 saturated heterocycles. The number of aryl methyl sites for hydroxylation is 4. The van der Waals surface area contributed by atoms with Crippen LogP contribution in [0.25, 0.3) is 0 Å². The molecular formula is C34H32N2. The highest BCUT2D eigenvalue weighted by Gasteiger charge is 2.16. The van der Waals surface area contributed by atoms with Crippen molar-refractivity contribution in [3.05, 3.63) is 144 Å². The molecule has 0 unspecified atom stereocenters. The van der Waals surface area contributed by atoms with Crippen LogP contribution in [-0.2, 0) is 0 Å². The van der Waals surface area contributed by atoms with Gasteiger partial charge in [-0.15, -0.1) is 0 Å². The van der Waals surface area contributed by atoms with Crippen LogP contribution in [0, 0.1) is 27.7 Å². The maximum absolute atomic E-state index is 2.36. The van der Waals surface area contributed by atoms with Crippen molar-refractivity contribution in [1.82, 2.24) is 0 Å². The smallest absolute Gasteiger partial charge is 0.0466 e. The number of hydrogen-bond acceptors (Lipinski definition) is 2. The summed E-state index contributed by atoms with van der Waals surface area (Å²) in [5.74, 6) is 0. The van der Waals surface area contributed by atoms with Crippen LogP contribution in [0.5, 0.6) is 0 Å². The summed E-state index contributed by atoms with van der Waals surface area (Å²) in [7, 11) is 0. The summed E-state index contributed by atoms with van der Waals surface area (Å²) in [6.07, 6.45) is 0. The Kier molecular flexibility index (Phi) is 6.60. The van der Waals surface area contributed by atoms with Gasteiger partial charge in [-0.05, 0) is 123 Å². The predicted molar refractivity (Wildman–Crippen MR) is 155 cm³/mol. The minimum atomic E-state index is 1.12. The third-order valence-electron chi connectivity index (χ3n) is 6.32. The Morgan fingerprint density at radius 2 is 0.583 bits per heavy atom. The minimum absolute atomic E-state index is 1.12. The van der Waals surface area contributed by atoms with Crippen molar-refractivity contribution in [1.29, 1.82) is 0 Å². The highest BCUT2D eigenvalue weighted by molar-refractivity contribution is 5.81. The van der Waals surface area contributed by atoms with Crippen LogP contribution in [-0.4, -0.2) is 0 Å². The summed E-state index contributed by atoms with van der Waals surface area (Å²) in [4.78, 5) is 4.65. The van der Waals surface area contributed by atoms with Crippen molar-refractivity contribution < 1.29 is 0 Å². The van der Waals surface area contributed by atoms with Crippen molar-refractivity contribution >= 4 is 34.1 Å². The van der Waals surface area contributed by atoms with Crippen molar-refractivity contribution in [2.75, 3.05) is 9.80 Å². The molecule has 0 spiro atoms. The number of rotatable bonds is 6. The minimum Gasteiger partial charge on any atom is -0.311 e. The fraction of sp³-hybridized carbons (Fsp3) is 0.118. The molecule has 0 atom stereocenters. The lowest BCUT2D eigenvalue weighted by Gasteiger charge is -2.29. The molecule has 0 aliphatic rings. The fourth-order valence-electron chi connectivity index (χ4n) is 4.96. The highest BCUT2D eigenvalue weighted by atomic mass is 15.2. The van der Waals surface area contributed by atoms with Gasteiger partial charge in [-0.2, -0.15) is 0 Å². The van der Waals surface area contributed by atoms with Gasteiger partial charge < -0.3 is 9.80 Å². The molecule has 0 amide bonds. The Balaban J connectivity index is 1.62. The Labute approximate surface area is 215 Å². The number of benzene rings is 5. The third kappa shape index (κ3) is 5.04. The monoisotopic (exact) mass is 468 g/mol. The Morgan fingerprint density at radius 3 is 0.917 bits per heavy atom. The molecule has 36 heavy (non-hydrogen) atoms. The first kappa shape index (κ1) is 23.4. The molecule has 5 aromatic rings. The topological polar surface area (TPSA) is 6.48 Å². The second-order valence-electron chi connectivity index (χ2n) is 9.55. The molecule has 0 aliphatic carbocycles. The normalized spacial score (nSPS) is 10.8.